The molecule has 2 rings (SSSR count). The van der Waals surface area contributed by atoms with E-state index in [0.29, 0.717) is 44.3 Å². The first-order chi connectivity index (χ1) is 11.5. The SMILES string of the molecule is CC(C)CC(=O)N1CCCN(C(=O)COc2cccc(F)c2)CC1. The van der Waals surface area contributed by atoms with Gasteiger partial charge < -0.3 is 14.5 Å². The molecule has 1 aromatic carbocycles. The highest BCUT2D eigenvalue weighted by molar-refractivity contribution is 5.78. The Labute approximate surface area is 142 Å². The summed E-state index contributed by atoms with van der Waals surface area (Å²) in [7, 11) is 0. The third-order valence-electron chi connectivity index (χ3n) is 3.94. The number of amides is 2. The Balaban J connectivity index is 1.82. The van der Waals surface area contributed by atoms with Crippen molar-refractivity contribution in [2.45, 2.75) is 26.7 Å². The molecule has 5 nitrogen and oxygen atoms in total. The molecule has 0 radical (unpaired) electrons. The second kappa shape index (κ2) is 8.66. The van der Waals surface area contributed by atoms with Gasteiger partial charge in [0.25, 0.3) is 5.91 Å². The fourth-order valence-corrected chi connectivity index (χ4v) is 2.69. The second-order valence-electron chi connectivity index (χ2n) is 6.46. The van der Waals surface area contributed by atoms with E-state index in [1.165, 1.54) is 12.1 Å². The molecule has 1 fully saturated rings. The molecule has 6 heteroatoms. The Morgan fingerprint density at radius 3 is 2.42 bits per heavy atom. The normalized spacial score (nSPS) is 15.3. The highest BCUT2D eigenvalue weighted by Gasteiger charge is 2.22. The van der Waals surface area contributed by atoms with Crippen LogP contribution in [0.2, 0.25) is 0 Å². The standard InChI is InChI=1S/C18H25FN2O3/c1-14(2)11-17(22)20-7-4-8-21(10-9-20)18(23)13-24-16-6-3-5-15(19)12-16/h3,5-6,12,14H,4,7-11,13H2,1-2H3. The van der Waals surface area contributed by atoms with Crippen molar-refractivity contribution in [1.82, 2.24) is 9.80 Å². The summed E-state index contributed by atoms with van der Waals surface area (Å²) in [5.41, 5.74) is 0. The number of rotatable bonds is 5. The molecule has 0 unspecified atom stereocenters. The molecule has 2 amide bonds. The minimum atomic E-state index is -0.394. The van der Waals surface area contributed by atoms with Gasteiger partial charge in [0.15, 0.2) is 6.61 Å². The van der Waals surface area contributed by atoms with Gasteiger partial charge in [-0.2, -0.15) is 0 Å². The van der Waals surface area contributed by atoms with Gasteiger partial charge in [0.2, 0.25) is 5.91 Å². The summed E-state index contributed by atoms with van der Waals surface area (Å²) >= 11 is 0. The van der Waals surface area contributed by atoms with Crippen molar-refractivity contribution in [3.05, 3.63) is 30.1 Å². The van der Waals surface area contributed by atoms with Crippen LogP contribution in [0.5, 0.6) is 5.75 Å². The van der Waals surface area contributed by atoms with Gasteiger partial charge >= 0.3 is 0 Å². The molecule has 0 aliphatic carbocycles. The van der Waals surface area contributed by atoms with Gasteiger partial charge in [-0.3, -0.25) is 9.59 Å². The molecular formula is C18H25FN2O3. The van der Waals surface area contributed by atoms with Crippen molar-refractivity contribution in [3.63, 3.8) is 0 Å². The Kier molecular flexibility index (Phi) is 6.58. The summed E-state index contributed by atoms with van der Waals surface area (Å²) in [6.07, 6.45) is 1.30. The van der Waals surface area contributed by atoms with E-state index in [-0.39, 0.29) is 18.4 Å². The van der Waals surface area contributed by atoms with Crippen molar-refractivity contribution in [3.8, 4) is 5.75 Å². The van der Waals surface area contributed by atoms with Crippen LogP contribution < -0.4 is 4.74 Å². The van der Waals surface area contributed by atoms with E-state index in [1.807, 2.05) is 18.7 Å². The molecule has 0 bridgehead atoms. The largest absolute Gasteiger partial charge is 0.484 e. The summed E-state index contributed by atoms with van der Waals surface area (Å²) in [6, 6.07) is 5.73. The van der Waals surface area contributed by atoms with Crippen molar-refractivity contribution in [2.24, 2.45) is 5.92 Å². The lowest BCUT2D eigenvalue weighted by molar-refractivity contribution is -0.135. The monoisotopic (exact) mass is 336 g/mol. The predicted octanol–water partition coefficient (Wildman–Crippen LogP) is 2.31. The Bertz CT molecular complexity index is 577. The Morgan fingerprint density at radius 2 is 1.79 bits per heavy atom. The molecule has 1 aliphatic rings. The van der Waals surface area contributed by atoms with E-state index in [2.05, 4.69) is 0 Å². The lowest BCUT2D eigenvalue weighted by Gasteiger charge is -2.23. The zero-order valence-corrected chi connectivity index (χ0v) is 14.3. The number of hydrogen-bond acceptors (Lipinski definition) is 3. The van der Waals surface area contributed by atoms with Crippen LogP contribution in [0, 0.1) is 11.7 Å². The predicted molar refractivity (Wildman–Crippen MR) is 89.1 cm³/mol. The van der Waals surface area contributed by atoms with E-state index in [4.69, 9.17) is 4.74 Å². The first-order valence-corrected chi connectivity index (χ1v) is 8.39. The third kappa shape index (κ3) is 5.51. The number of benzene rings is 1. The maximum absolute atomic E-state index is 13.1. The van der Waals surface area contributed by atoms with Gasteiger partial charge in [-0.05, 0) is 24.5 Å². The number of carbonyl (C=O) groups excluding carboxylic acids is 2. The zero-order valence-electron chi connectivity index (χ0n) is 14.3. The van der Waals surface area contributed by atoms with E-state index in [0.717, 1.165) is 6.42 Å². The van der Waals surface area contributed by atoms with Crippen molar-refractivity contribution >= 4 is 11.8 Å². The first-order valence-electron chi connectivity index (χ1n) is 8.39. The van der Waals surface area contributed by atoms with Crippen LogP contribution in [0.1, 0.15) is 26.7 Å². The van der Waals surface area contributed by atoms with E-state index >= 15 is 0 Å². The Morgan fingerprint density at radius 1 is 1.12 bits per heavy atom. The van der Waals surface area contributed by atoms with Gasteiger partial charge in [-0.15, -0.1) is 0 Å². The molecule has 1 aromatic rings. The molecule has 0 atom stereocenters. The Hall–Kier alpha value is -2.11. The zero-order chi connectivity index (χ0) is 17.5. The topological polar surface area (TPSA) is 49.9 Å². The van der Waals surface area contributed by atoms with Gasteiger partial charge in [0.05, 0.1) is 0 Å². The van der Waals surface area contributed by atoms with Gasteiger partial charge in [-0.1, -0.05) is 19.9 Å². The lowest BCUT2D eigenvalue weighted by atomic mass is 10.1. The van der Waals surface area contributed by atoms with Gasteiger partial charge in [0.1, 0.15) is 11.6 Å². The number of nitrogens with zero attached hydrogens (tertiary/aromatic N) is 2. The van der Waals surface area contributed by atoms with E-state index in [9.17, 15) is 14.0 Å². The minimum absolute atomic E-state index is 0.122. The quantitative estimate of drug-likeness (QED) is 0.829. The van der Waals surface area contributed by atoms with Crippen LogP contribution in [-0.2, 0) is 9.59 Å². The molecule has 1 saturated heterocycles. The average Bonchev–Trinajstić information content (AvgIpc) is 2.78. The highest BCUT2D eigenvalue weighted by atomic mass is 19.1. The fraction of sp³-hybridized carbons (Fsp3) is 0.556. The van der Waals surface area contributed by atoms with Crippen LogP contribution in [0.15, 0.2) is 24.3 Å². The fourth-order valence-electron chi connectivity index (χ4n) is 2.69. The molecule has 0 saturated carbocycles. The van der Waals surface area contributed by atoms with Crippen LogP contribution in [0.4, 0.5) is 4.39 Å². The van der Waals surface area contributed by atoms with E-state index in [1.54, 1.807) is 17.0 Å². The first kappa shape index (κ1) is 18.2. The smallest absolute Gasteiger partial charge is 0.260 e. The van der Waals surface area contributed by atoms with Crippen molar-refractivity contribution < 1.29 is 18.7 Å². The third-order valence-corrected chi connectivity index (χ3v) is 3.94. The lowest BCUT2D eigenvalue weighted by Crippen LogP contribution is -2.39. The summed E-state index contributed by atoms with van der Waals surface area (Å²) in [6.45, 7) is 6.28. The van der Waals surface area contributed by atoms with Crippen molar-refractivity contribution in [1.29, 1.82) is 0 Å². The molecule has 1 aliphatic heterocycles. The van der Waals surface area contributed by atoms with Crippen LogP contribution >= 0.6 is 0 Å². The van der Waals surface area contributed by atoms with E-state index < -0.39 is 5.82 Å². The number of halogens is 1. The molecule has 132 valence electrons. The molecule has 1 heterocycles. The van der Waals surface area contributed by atoms with Gasteiger partial charge in [-0.25, -0.2) is 4.39 Å². The minimum Gasteiger partial charge on any atom is -0.484 e. The van der Waals surface area contributed by atoms with Crippen LogP contribution in [-0.4, -0.2) is 54.4 Å². The maximum Gasteiger partial charge on any atom is 0.260 e. The molecule has 0 spiro atoms. The average molecular weight is 336 g/mol. The van der Waals surface area contributed by atoms with Crippen LogP contribution in [0.3, 0.4) is 0 Å². The van der Waals surface area contributed by atoms with Crippen LogP contribution in [0.25, 0.3) is 0 Å². The van der Waals surface area contributed by atoms with Gasteiger partial charge in [0, 0.05) is 38.7 Å². The summed E-state index contributed by atoms with van der Waals surface area (Å²) in [5, 5.41) is 0. The number of ether oxygens (including phenoxy) is 1. The molecule has 0 N–H and O–H groups in total. The summed E-state index contributed by atoms with van der Waals surface area (Å²) in [4.78, 5) is 28.0. The summed E-state index contributed by atoms with van der Waals surface area (Å²) < 4.78 is 18.5. The maximum atomic E-state index is 13.1. The molecule has 24 heavy (non-hydrogen) atoms. The number of hydrogen-bond donors (Lipinski definition) is 0. The van der Waals surface area contributed by atoms with Crippen molar-refractivity contribution in [2.75, 3.05) is 32.8 Å². The second-order valence-corrected chi connectivity index (χ2v) is 6.46. The summed E-state index contributed by atoms with van der Waals surface area (Å²) in [5.74, 6) is 0.284. The molecular weight excluding hydrogens is 311 g/mol. The highest BCUT2D eigenvalue weighted by Crippen LogP contribution is 2.13. The molecule has 0 aromatic heterocycles. The number of carbonyl (C=O) groups is 2.